The zero-order valence-corrected chi connectivity index (χ0v) is 18.4. The van der Waals surface area contributed by atoms with Crippen LogP contribution < -0.4 is 4.74 Å². The van der Waals surface area contributed by atoms with E-state index in [9.17, 15) is 5.26 Å². The first kappa shape index (κ1) is 19.3. The third kappa shape index (κ3) is 3.06. The molecule has 6 rings (SSSR count). The molecule has 0 fully saturated rings. The van der Waals surface area contributed by atoms with Gasteiger partial charge in [-0.1, -0.05) is 22.8 Å². The second kappa shape index (κ2) is 7.36. The second-order valence-corrected chi connectivity index (χ2v) is 9.02. The van der Waals surface area contributed by atoms with E-state index in [-0.39, 0.29) is 6.10 Å². The van der Waals surface area contributed by atoms with Crippen molar-refractivity contribution in [2.75, 3.05) is 0 Å². The van der Waals surface area contributed by atoms with E-state index in [4.69, 9.17) is 20.9 Å². The van der Waals surface area contributed by atoms with E-state index in [0.29, 0.717) is 17.0 Å². The third-order valence-electron chi connectivity index (χ3n) is 6.44. The summed E-state index contributed by atoms with van der Waals surface area (Å²) in [6, 6.07) is 13.8. The van der Waals surface area contributed by atoms with Crippen LogP contribution in [0.25, 0.3) is 22.0 Å². The number of halogens is 1. The van der Waals surface area contributed by atoms with Crippen molar-refractivity contribution in [3.8, 4) is 22.9 Å². The van der Waals surface area contributed by atoms with Crippen molar-refractivity contribution in [2.45, 2.75) is 45.1 Å². The van der Waals surface area contributed by atoms with E-state index in [1.807, 2.05) is 43.3 Å². The Morgan fingerprint density at radius 1 is 1.09 bits per heavy atom. The van der Waals surface area contributed by atoms with Crippen molar-refractivity contribution in [3.63, 3.8) is 0 Å². The van der Waals surface area contributed by atoms with Gasteiger partial charge in [-0.2, -0.15) is 5.26 Å². The predicted octanol–water partition coefficient (Wildman–Crippen LogP) is 6.28. The van der Waals surface area contributed by atoms with Gasteiger partial charge in [0.25, 0.3) is 0 Å². The SMILES string of the molecule is Cc1cc(-c2cc(Cl)cc3c2O[C@@H](c2onc4c2CCCC4)C3)c2ccc(C#N)cc2n1. The maximum Gasteiger partial charge on any atom is 0.181 e. The predicted molar refractivity (Wildman–Crippen MR) is 122 cm³/mol. The summed E-state index contributed by atoms with van der Waals surface area (Å²) < 4.78 is 12.3. The Kier molecular flexibility index (Phi) is 4.44. The van der Waals surface area contributed by atoms with Crippen molar-refractivity contribution in [2.24, 2.45) is 0 Å². The quantitative estimate of drug-likeness (QED) is 0.366. The van der Waals surface area contributed by atoms with E-state index >= 15 is 0 Å². The average molecular weight is 442 g/mol. The highest BCUT2D eigenvalue weighted by Crippen LogP contribution is 2.47. The molecule has 158 valence electrons. The molecule has 1 aliphatic heterocycles. The molecule has 0 spiro atoms. The van der Waals surface area contributed by atoms with Crippen LogP contribution >= 0.6 is 11.6 Å². The van der Waals surface area contributed by atoms with E-state index in [0.717, 1.165) is 76.2 Å². The summed E-state index contributed by atoms with van der Waals surface area (Å²) in [6.45, 7) is 1.96. The van der Waals surface area contributed by atoms with Crippen LogP contribution in [-0.2, 0) is 19.3 Å². The Hall–Kier alpha value is -3.36. The molecule has 0 radical (unpaired) electrons. The van der Waals surface area contributed by atoms with Crippen molar-refractivity contribution in [1.29, 1.82) is 5.26 Å². The van der Waals surface area contributed by atoms with Gasteiger partial charge < -0.3 is 9.26 Å². The second-order valence-electron chi connectivity index (χ2n) is 8.59. The molecule has 0 unspecified atom stereocenters. The summed E-state index contributed by atoms with van der Waals surface area (Å²) >= 11 is 6.56. The Morgan fingerprint density at radius 2 is 1.97 bits per heavy atom. The van der Waals surface area contributed by atoms with Gasteiger partial charge in [0.05, 0.1) is 22.8 Å². The molecular weight excluding hydrogens is 422 g/mol. The first-order valence-corrected chi connectivity index (χ1v) is 11.3. The minimum atomic E-state index is -0.198. The van der Waals surface area contributed by atoms with Gasteiger partial charge in [-0.15, -0.1) is 0 Å². The number of benzene rings is 2. The summed E-state index contributed by atoms with van der Waals surface area (Å²) in [6.07, 6.45) is 4.79. The van der Waals surface area contributed by atoms with Gasteiger partial charge in [0.1, 0.15) is 5.75 Å². The molecule has 6 heteroatoms. The third-order valence-corrected chi connectivity index (χ3v) is 6.65. The summed E-state index contributed by atoms with van der Waals surface area (Å²) in [7, 11) is 0. The topological polar surface area (TPSA) is 71.9 Å². The number of hydrogen-bond donors (Lipinski definition) is 0. The molecule has 1 atom stereocenters. The molecule has 3 heterocycles. The van der Waals surface area contributed by atoms with Gasteiger partial charge in [-0.3, -0.25) is 4.98 Å². The number of aryl methyl sites for hydroxylation is 2. The van der Waals surface area contributed by atoms with Crippen LogP contribution in [0, 0.1) is 18.3 Å². The fraction of sp³-hybridized carbons (Fsp3) is 0.269. The largest absolute Gasteiger partial charge is 0.481 e. The van der Waals surface area contributed by atoms with Gasteiger partial charge in [-0.05, 0) is 68.5 Å². The Bertz CT molecular complexity index is 1430. The van der Waals surface area contributed by atoms with Gasteiger partial charge >= 0.3 is 0 Å². The van der Waals surface area contributed by atoms with Gasteiger partial charge in [0.15, 0.2) is 11.9 Å². The average Bonchev–Trinajstić information content (AvgIpc) is 3.41. The molecule has 0 bridgehead atoms. The molecule has 2 aromatic carbocycles. The summed E-state index contributed by atoms with van der Waals surface area (Å²) in [5.41, 5.74) is 7.53. The zero-order chi connectivity index (χ0) is 21.8. The van der Waals surface area contributed by atoms with Crippen molar-refractivity contribution < 1.29 is 9.26 Å². The number of nitriles is 1. The zero-order valence-electron chi connectivity index (χ0n) is 17.6. The highest BCUT2D eigenvalue weighted by Gasteiger charge is 2.34. The fourth-order valence-electron chi connectivity index (χ4n) is 4.99. The lowest BCUT2D eigenvalue weighted by Crippen LogP contribution is -2.08. The molecule has 5 nitrogen and oxygen atoms in total. The molecule has 0 amide bonds. The van der Waals surface area contributed by atoms with Gasteiger partial charge in [-0.25, -0.2) is 0 Å². The molecule has 1 aliphatic carbocycles. The Balaban J connectivity index is 1.48. The minimum Gasteiger partial charge on any atom is -0.481 e. The van der Waals surface area contributed by atoms with Gasteiger partial charge in [0, 0.05) is 39.2 Å². The number of aromatic nitrogens is 2. The number of fused-ring (bicyclic) bond motifs is 3. The normalized spacial score (nSPS) is 17.0. The number of rotatable bonds is 2. The Morgan fingerprint density at radius 3 is 2.84 bits per heavy atom. The maximum absolute atomic E-state index is 9.29. The molecule has 2 aromatic heterocycles. The van der Waals surface area contributed by atoms with Crippen LogP contribution in [0.1, 0.15) is 52.8 Å². The van der Waals surface area contributed by atoms with Crippen LogP contribution in [0.3, 0.4) is 0 Å². The molecule has 2 aliphatic rings. The lowest BCUT2D eigenvalue weighted by molar-refractivity contribution is 0.189. The smallest absolute Gasteiger partial charge is 0.181 e. The highest BCUT2D eigenvalue weighted by atomic mass is 35.5. The first-order chi connectivity index (χ1) is 15.6. The summed E-state index contributed by atoms with van der Waals surface area (Å²) in [5, 5.41) is 15.2. The first-order valence-electron chi connectivity index (χ1n) is 10.9. The van der Waals surface area contributed by atoms with E-state index in [1.54, 1.807) is 0 Å². The van der Waals surface area contributed by atoms with Crippen LogP contribution in [0.15, 0.2) is 40.9 Å². The number of pyridine rings is 1. The Labute approximate surface area is 190 Å². The van der Waals surface area contributed by atoms with Crippen molar-refractivity contribution >= 4 is 22.5 Å². The van der Waals surface area contributed by atoms with E-state index in [2.05, 4.69) is 16.2 Å². The molecule has 32 heavy (non-hydrogen) atoms. The molecular formula is C26H20ClN3O2. The van der Waals surface area contributed by atoms with Crippen LogP contribution in [0.5, 0.6) is 5.75 Å². The highest BCUT2D eigenvalue weighted by molar-refractivity contribution is 6.31. The van der Waals surface area contributed by atoms with Crippen molar-refractivity contribution in [3.05, 3.63) is 75.3 Å². The molecule has 0 saturated heterocycles. The summed E-state index contributed by atoms with van der Waals surface area (Å²) in [4.78, 5) is 4.64. The lowest BCUT2D eigenvalue weighted by Gasteiger charge is -2.15. The molecule has 0 N–H and O–H groups in total. The fourth-order valence-corrected chi connectivity index (χ4v) is 5.23. The molecule has 0 saturated carbocycles. The summed E-state index contributed by atoms with van der Waals surface area (Å²) in [5.74, 6) is 1.68. The monoisotopic (exact) mass is 441 g/mol. The lowest BCUT2D eigenvalue weighted by atomic mass is 9.93. The van der Waals surface area contributed by atoms with Gasteiger partial charge in [0.2, 0.25) is 0 Å². The van der Waals surface area contributed by atoms with Crippen LogP contribution in [-0.4, -0.2) is 10.1 Å². The van der Waals surface area contributed by atoms with E-state index < -0.39 is 0 Å². The van der Waals surface area contributed by atoms with E-state index in [1.165, 1.54) is 5.56 Å². The standard InChI is InChI=1S/C26H20ClN3O2/c1-14-8-20(18-7-6-15(13-28)9-23(18)29-14)21-12-17(27)10-16-11-24(31-25(16)21)26-19-4-2-3-5-22(19)30-32-26/h6-10,12,24H,2-5,11H2,1H3/t24-/m1/s1. The van der Waals surface area contributed by atoms with Crippen LogP contribution in [0.2, 0.25) is 5.02 Å². The van der Waals surface area contributed by atoms with Crippen LogP contribution in [0.4, 0.5) is 0 Å². The van der Waals surface area contributed by atoms with Crippen molar-refractivity contribution in [1.82, 2.24) is 10.1 Å². The molecule has 4 aromatic rings. The number of nitrogens with zero attached hydrogens (tertiary/aromatic N) is 3. The number of hydrogen-bond acceptors (Lipinski definition) is 5. The number of ether oxygens (including phenoxy) is 1. The minimum absolute atomic E-state index is 0.198. The maximum atomic E-state index is 9.29.